The second kappa shape index (κ2) is 10.00. The number of hydrogen-bond acceptors (Lipinski definition) is 6. The molecule has 1 saturated carbocycles. The van der Waals surface area contributed by atoms with E-state index in [1.807, 2.05) is 51.2 Å². The van der Waals surface area contributed by atoms with Crippen LogP contribution in [0.5, 0.6) is 0 Å². The van der Waals surface area contributed by atoms with E-state index >= 15 is 0 Å². The zero-order valence-corrected chi connectivity index (χ0v) is 22.0. The third kappa shape index (κ3) is 6.18. The number of carbonyl (C=O) groups is 2. The molecule has 194 valence electrons. The van der Waals surface area contributed by atoms with Crippen LogP contribution in [0.1, 0.15) is 62.4 Å². The van der Waals surface area contributed by atoms with E-state index in [0.29, 0.717) is 17.6 Å². The van der Waals surface area contributed by atoms with Crippen molar-refractivity contribution in [1.29, 1.82) is 0 Å². The Bertz CT molecular complexity index is 1320. The average Bonchev–Trinajstić information content (AvgIpc) is 3.67. The molecule has 1 aromatic heterocycles. The lowest BCUT2D eigenvalue weighted by molar-refractivity contribution is 0.0497. The number of ether oxygens (including phenoxy) is 1. The molecule has 0 atom stereocenters. The molecule has 2 aromatic carbocycles. The molecule has 8 heteroatoms. The Kier molecular flexibility index (Phi) is 6.75. The van der Waals surface area contributed by atoms with Crippen LogP contribution in [0.3, 0.4) is 0 Å². The lowest BCUT2D eigenvalue weighted by Gasteiger charge is -2.32. The number of nitrogens with one attached hydrogen (secondary N) is 2. The third-order valence-corrected chi connectivity index (χ3v) is 6.79. The Balaban J connectivity index is 1.26. The van der Waals surface area contributed by atoms with Gasteiger partial charge in [0.1, 0.15) is 5.60 Å². The van der Waals surface area contributed by atoms with E-state index in [-0.39, 0.29) is 18.0 Å². The Morgan fingerprint density at radius 2 is 1.70 bits per heavy atom. The highest BCUT2D eigenvalue weighted by atomic mass is 16.6. The fraction of sp³-hybridized carbons (Fsp3) is 0.448. The predicted molar refractivity (Wildman–Crippen MR) is 145 cm³/mol. The number of hydrogen-bond donors (Lipinski definition) is 2. The van der Waals surface area contributed by atoms with Crippen molar-refractivity contribution >= 4 is 28.9 Å². The summed E-state index contributed by atoms with van der Waals surface area (Å²) in [6.07, 6.45) is 5.25. The fourth-order valence-electron chi connectivity index (χ4n) is 4.61. The first-order valence-electron chi connectivity index (χ1n) is 13.1. The average molecular weight is 502 g/mol. The molecular weight excluding hydrogens is 466 g/mol. The van der Waals surface area contributed by atoms with Crippen molar-refractivity contribution in [3.8, 4) is 11.1 Å². The molecule has 1 aliphatic carbocycles. The molecule has 5 rings (SSSR count). The zero-order chi connectivity index (χ0) is 26.2. The number of rotatable bonds is 5. The van der Waals surface area contributed by atoms with Gasteiger partial charge in [-0.1, -0.05) is 12.1 Å². The Labute approximate surface area is 217 Å². The van der Waals surface area contributed by atoms with E-state index in [1.165, 1.54) is 0 Å². The first kappa shape index (κ1) is 25.0. The number of amides is 2. The van der Waals surface area contributed by atoms with Crippen LogP contribution in [0.2, 0.25) is 0 Å². The number of carbonyl (C=O) groups excluding carboxylic acids is 2. The number of nitrogens with zero attached hydrogens (tertiary/aromatic N) is 3. The third-order valence-electron chi connectivity index (χ3n) is 6.79. The minimum absolute atomic E-state index is 0.0115. The minimum Gasteiger partial charge on any atom is -0.444 e. The highest BCUT2D eigenvalue weighted by molar-refractivity contribution is 5.96. The van der Waals surface area contributed by atoms with Gasteiger partial charge in [0.15, 0.2) is 0 Å². The maximum Gasteiger partial charge on any atom is 0.407 e. The Morgan fingerprint density at radius 1 is 0.973 bits per heavy atom. The molecule has 3 aromatic rings. The number of alkyl carbamates (subject to hydrolysis) is 1. The van der Waals surface area contributed by atoms with Gasteiger partial charge in [0.2, 0.25) is 5.95 Å². The first-order chi connectivity index (χ1) is 17.6. The smallest absolute Gasteiger partial charge is 0.407 e. The molecular formula is C29H35N5O3. The lowest BCUT2D eigenvalue weighted by atomic mass is 9.97. The van der Waals surface area contributed by atoms with Gasteiger partial charge in [-0.3, -0.25) is 4.79 Å². The van der Waals surface area contributed by atoms with Crippen molar-refractivity contribution in [2.45, 2.75) is 71.1 Å². The summed E-state index contributed by atoms with van der Waals surface area (Å²) in [4.78, 5) is 36.3. The van der Waals surface area contributed by atoms with Crippen LogP contribution in [-0.2, 0) is 4.74 Å². The van der Waals surface area contributed by atoms with E-state index in [2.05, 4.69) is 39.6 Å². The number of aromatic nitrogens is 2. The van der Waals surface area contributed by atoms with E-state index in [1.54, 1.807) is 0 Å². The van der Waals surface area contributed by atoms with Crippen LogP contribution >= 0.6 is 0 Å². The SMILES string of the molecule is Cc1ccc(C(=O)NC2CC2)cc1-c1ccc2nc(N3CCC(NC(=O)OC(C)(C)C)CC3)ncc2c1. The van der Waals surface area contributed by atoms with Gasteiger partial charge in [0.05, 0.1) is 5.52 Å². The van der Waals surface area contributed by atoms with E-state index in [4.69, 9.17) is 9.72 Å². The van der Waals surface area contributed by atoms with Crippen molar-refractivity contribution in [2.24, 2.45) is 0 Å². The molecule has 37 heavy (non-hydrogen) atoms. The summed E-state index contributed by atoms with van der Waals surface area (Å²) >= 11 is 0. The van der Waals surface area contributed by atoms with Gasteiger partial charge in [-0.15, -0.1) is 0 Å². The molecule has 0 radical (unpaired) electrons. The van der Waals surface area contributed by atoms with Crippen LogP contribution in [0.15, 0.2) is 42.6 Å². The van der Waals surface area contributed by atoms with Crippen molar-refractivity contribution in [2.75, 3.05) is 18.0 Å². The number of aryl methyl sites for hydroxylation is 1. The zero-order valence-electron chi connectivity index (χ0n) is 22.0. The van der Waals surface area contributed by atoms with Crippen LogP contribution < -0.4 is 15.5 Å². The summed E-state index contributed by atoms with van der Waals surface area (Å²) in [7, 11) is 0. The maximum atomic E-state index is 12.6. The minimum atomic E-state index is -0.504. The van der Waals surface area contributed by atoms with Crippen molar-refractivity contribution in [3.63, 3.8) is 0 Å². The van der Waals surface area contributed by atoms with Gasteiger partial charge >= 0.3 is 6.09 Å². The molecule has 2 fully saturated rings. The summed E-state index contributed by atoms with van der Waals surface area (Å²) in [6.45, 7) is 9.17. The van der Waals surface area contributed by atoms with Gasteiger partial charge in [-0.2, -0.15) is 0 Å². The fourth-order valence-corrected chi connectivity index (χ4v) is 4.61. The largest absolute Gasteiger partial charge is 0.444 e. The van der Waals surface area contributed by atoms with Gasteiger partial charge in [-0.25, -0.2) is 14.8 Å². The number of benzene rings is 2. The molecule has 0 spiro atoms. The number of piperidine rings is 1. The molecule has 2 amide bonds. The van der Waals surface area contributed by atoms with Crippen LogP contribution in [0, 0.1) is 6.92 Å². The summed E-state index contributed by atoms with van der Waals surface area (Å²) in [5, 5.41) is 6.99. The molecule has 2 aliphatic rings. The summed E-state index contributed by atoms with van der Waals surface area (Å²) in [5.74, 6) is 0.688. The topological polar surface area (TPSA) is 96.5 Å². The Hall–Kier alpha value is -3.68. The van der Waals surface area contributed by atoms with E-state index in [9.17, 15) is 9.59 Å². The highest BCUT2D eigenvalue weighted by Crippen LogP contribution is 2.29. The summed E-state index contributed by atoms with van der Waals surface area (Å²) in [5.41, 5.74) is 4.25. The normalized spacial score (nSPS) is 16.5. The molecule has 1 saturated heterocycles. The standard InChI is InChI=1S/C29H35N5O3/c1-18-5-6-20(26(35)31-22-8-9-22)16-24(18)19-7-10-25-21(15-19)17-30-27(33-25)34-13-11-23(12-14-34)32-28(36)37-29(2,3)4/h5-7,10,15-17,22-23H,8-9,11-14H2,1-4H3,(H,31,35)(H,32,36). The Morgan fingerprint density at radius 3 is 2.41 bits per heavy atom. The van der Waals surface area contributed by atoms with Gasteiger partial charge in [0.25, 0.3) is 5.91 Å². The first-order valence-corrected chi connectivity index (χ1v) is 13.1. The second-order valence-corrected chi connectivity index (χ2v) is 11.1. The molecule has 2 N–H and O–H groups in total. The summed E-state index contributed by atoms with van der Waals surface area (Å²) < 4.78 is 5.38. The van der Waals surface area contributed by atoms with Crippen molar-refractivity contribution in [3.05, 3.63) is 53.7 Å². The molecule has 1 aliphatic heterocycles. The van der Waals surface area contributed by atoms with Gasteiger partial charge < -0.3 is 20.3 Å². The van der Waals surface area contributed by atoms with Crippen LogP contribution in [-0.4, -0.2) is 52.7 Å². The number of fused-ring (bicyclic) bond motifs is 1. The van der Waals surface area contributed by atoms with Crippen LogP contribution in [0.25, 0.3) is 22.0 Å². The molecule has 0 bridgehead atoms. The van der Waals surface area contributed by atoms with Crippen molar-refractivity contribution in [1.82, 2.24) is 20.6 Å². The van der Waals surface area contributed by atoms with Crippen molar-refractivity contribution < 1.29 is 14.3 Å². The molecule has 0 unspecified atom stereocenters. The number of anilines is 1. The summed E-state index contributed by atoms with van der Waals surface area (Å²) in [6, 6.07) is 12.4. The maximum absolute atomic E-state index is 12.6. The monoisotopic (exact) mass is 501 g/mol. The van der Waals surface area contributed by atoms with E-state index < -0.39 is 5.60 Å². The molecule has 2 heterocycles. The van der Waals surface area contributed by atoms with Gasteiger partial charge in [-0.05, 0) is 94.3 Å². The second-order valence-electron chi connectivity index (χ2n) is 11.1. The van der Waals surface area contributed by atoms with Gasteiger partial charge in [0, 0.05) is 42.3 Å². The lowest BCUT2D eigenvalue weighted by Crippen LogP contribution is -2.46. The molecule has 8 nitrogen and oxygen atoms in total. The van der Waals surface area contributed by atoms with Crippen LogP contribution in [0.4, 0.5) is 10.7 Å². The predicted octanol–water partition coefficient (Wildman–Crippen LogP) is 4.99. The highest BCUT2D eigenvalue weighted by Gasteiger charge is 2.25. The quantitative estimate of drug-likeness (QED) is 0.511. The van der Waals surface area contributed by atoms with E-state index in [0.717, 1.165) is 66.4 Å².